The van der Waals surface area contributed by atoms with E-state index in [4.69, 9.17) is 5.11 Å². The van der Waals surface area contributed by atoms with E-state index >= 15 is 0 Å². The molecule has 102 valence electrons. The molecule has 0 saturated carbocycles. The van der Waals surface area contributed by atoms with Crippen molar-refractivity contribution in [1.82, 2.24) is 5.32 Å². The second-order valence-corrected chi connectivity index (χ2v) is 5.58. The molecule has 1 unspecified atom stereocenters. The zero-order valence-electron chi connectivity index (χ0n) is 10.9. The van der Waals surface area contributed by atoms with Crippen LogP contribution in [0, 0.1) is 0 Å². The number of rotatable bonds is 11. The van der Waals surface area contributed by atoms with Gasteiger partial charge in [-0.05, 0) is 50.7 Å². The molecular formula is C12H25NO3S. The molecule has 0 aliphatic carbocycles. The summed E-state index contributed by atoms with van der Waals surface area (Å²) in [6, 6.07) is 0. The van der Waals surface area contributed by atoms with Gasteiger partial charge in [0.1, 0.15) is 5.54 Å². The molecule has 1 atom stereocenters. The Morgan fingerprint density at radius 3 is 2.53 bits per heavy atom. The summed E-state index contributed by atoms with van der Waals surface area (Å²) < 4.78 is 0. The summed E-state index contributed by atoms with van der Waals surface area (Å²) in [6.07, 6.45) is 3.28. The first-order valence-corrected chi connectivity index (χ1v) is 7.39. The van der Waals surface area contributed by atoms with E-state index in [0.29, 0.717) is 6.42 Å². The second kappa shape index (κ2) is 9.74. The van der Waals surface area contributed by atoms with Crippen molar-refractivity contribution in [2.24, 2.45) is 0 Å². The summed E-state index contributed by atoms with van der Waals surface area (Å²) in [6.45, 7) is 4.75. The largest absolute Gasteiger partial charge is 0.480 e. The Kier molecular flexibility index (Phi) is 9.59. The van der Waals surface area contributed by atoms with Crippen LogP contribution in [0.2, 0.25) is 0 Å². The monoisotopic (exact) mass is 263 g/mol. The van der Waals surface area contributed by atoms with Crippen molar-refractivity contribution in [2.75, 3.05) is 24.7 Å². The predicted molar refractivity (Wildman–Crippen MR) is 72.6 cm³/mol. The fourth-order valence-corrected chi connectivity index (χ4v) is 2.35. The Balaban J connectivity index is 3.81. The van der Waals surface area contributed by atoms with Crippen molar-refractivity contribution >= 4 is 17.7 Å². The SMILES string of the molecule is CCCNC(C)(CCCSCCCO)C(=O)O. The van der Waals surface area contributed by atoms with Gasteiger partial charge in [0, 0.05) is 6.61 Å². The lowest BCUT2D eigenvalue weighted by Crippen LogP contribution is -2.49. The fourth-order valence-electron chi connectivity index (χ4n) is 1.47. The van der Waals surface area contributed by atoms with Crippen LogP contribution in [-0.2, 0) is 4.79 Å². The van der Waals surface area contributed by atoms with Gasteiger partial charge in [-0.15, -0.1) is 0 Å². The fraction of sp³-hybridized carbons (Fsp3) is 0.917. The first kappa shape index (κ1) is 16.7. The first-order chi connectivity index (χ1) is 8.06. The maximum Gasteiger partial charge on any atom is 0.323 e. The van der Waals surface area contributed by atoms with Gasteiger partial charge in [-0.3, -0.25) is 4.79 Å². The van der Waals surface area contributed by atoms with Crippen LogP contribution in [0.5, 0.6) is 0 Å². The molecule has 0 spiro atoms. The number of carboxylic acid groups (broad SMARTS) is 1. The maximum absolute atomic E-state index is 11.2. The zero-order valence-corrected chi connectivity index (χ0v) is 11.7. The van der Waals surface area contributed by atoms with Crippen LogP contribution < -0.4 is 5.32 Å². The number of hydrogen-bond donors (Lipinski definition) is 3. The highest BCUT2D eigenvalue weighted by Crippen LogP contribution is 2.16. The Labute approximate surface area is 108 Å². The molecule has 0 aromatic heterocycles. The van der Waals surface area contributed by atoms with Crippen molar-refractivity contribution in [1.29, 1.82) is 0 Å². The van der Waals surface area contributed by atoms with Crippen LogP contribution >= 0.6 is 11.8 Å². The minimum atomic E-state index is -0.798. The van der Waals surface area contributed by atoms with Crippen LogP contribution in [0.25, 0.3) is 0 Å². The number of aliphatic hydroxyl groups is 1. The van der Waals surface area contributed by atoms with Gasteiger partial charge >= 0.3 is 5.97 Å². The summed E-state index contributed by atoms with van der Waals surface area (Å²) in [5.74, 6) is 1.13. The smallest absolute Gasteiger partial charge is 0.323 e. The summed E-state index contributed by atoms with van der Waals surface area (Å²) in [7, 11) is 0. The second-order valence-electron chi connectivity index (χ2n) is 4.36. The van der Waals surface area contributed by atoms with Gasteiger partial charge in [0.15, 0.2) is 0 Å². The lowest BCUT2D eigenvalue weighted by Gasteiger charge is -2.26. The van der Waals surface area contributed by atoms with Gasteiger partial charge in [-0.1, -0.05) is 6.92 Å². The third-order valence-electron chi connectivity index (χ3n) is 2.65. The highest BCUT2D eigenvalue weighted by atomic mass is 32.2. The van der Waals surface area contributed by atoms with Gasteiger partial charge in [-0.2, -0.15) is 11.8 Å². The van der Waals surface area contributed by atoms with Gasteiger partial charge in [0.2, 0.25) is 0 Å². The number of thioether (sulfide) groups is 1. The third-order valence-corrected chi connectivity index (χ3v) is 3.80. The minimum absolute atomic E-state index is 0.234. The van der Waals surface area contributed by atoms with Crippen LogP contribution in [0.4, 0.5) is 0 Å². The number of carboxylic acids is 1. The topological polar surface area (TPSA) is 69.6 Å². The van der Waals surface area contributed by atoms with Crippen LogP contribution in [-0.4, -0.2) is 46.4 Å². The molecule has 0 heterocycles. The average molecular weight is 263 g/mol. The van der Waals surface area contributed by atoms with E-state index in [1.165, 1.54) is 0 Å². The van der Waals surface area contributed by atoms with Crippen molar-refractivity contribution in [3.05, 3.63) is 0 Å². The van der Waals surface area contributed by atoms with E-state index in [9.17, 15) is 9.90 Å². The molecule has 3 N–H and O–H groups in total. The molecule has 0 aromatic carbocycles. The van der Waals surface area contributed by atoms with Crippen LogP contribution in [0.1, 0.15) is 39.5 Å². The van der Waals surface area contributed by atoms with Crippen molar-refractivity contribution in [2.45, 2.75) is 45.1 Å². The summed E-state index contributed by atoms with van der Waals surface area (Å²) in [4.78, 5) is 11.2. The minimum Gasteiger partial charge on any atom is -0.480 e. The molecule has 0 fully saturated rings. The number of nitrogens with one attached hydrogen (secondary N) is 1. The Morgan fingerprint density at radius 1 is 1.35 bits per heavy atom. The van der Waals surface area contributed by atoms with E-state index < -0.39 is 11.5 Å². The highest BCUT2D eigenvalue weighted by molar-refractivity contribution is 7.99. The van der Waals surface area contributed by atoms with E-state index in [2.05, 4.69) is 5.32 Å². The number of aliphatic carboxylic acids is 1. The van der Waals surface area contributed by atoms with E-state index in [1.54, 1.807) is 18.7 Å². The Morgan fingerprint density at radius 2 is 2.00 bits per heavy atom. The molecule has 0 amide bonds. The Bertz CT molecular complexity index is 214. The zero-order chi connectivity index (χ0) is 13.1. The molecule has 0 rings (SSSR count). The van der Waals surface area contributed by atoms with Gasteiger partial charge in [0.05, 0.1) is 0 Å². The number of carbonyl (C=O) groups is 1. The summed E-state index contributed by atoms with van der Waals surface area (Å²) in [5, 5.41) is 20.9. The van der Waals surface area contributed by atoms with Crippen LogP contribution in [0.3, 0.4) is 0 Å². The molecule has 0 aliphatic heterocycles. The normalized spacial score (nSPS) is 14.5. The third kappa shape index (κ3) is 7.63. The van der Waals surface area contributed by atoms with Gasteiger partial charge in [-0.25, -0.2) is 0 Å². The first-order valence-electron chi connectivity index (χ1n) is 6.24. The lowest BCUT2D eigenvalue weighted by atomic mass is 9.96. The number of hydrogen-bond acceptors (Lipinski definition) is 4. The van der Waals surface area contributed by atoms with Gasteiger partial charge < -0.3 is 15.5 Å². The maximum atomic E-state index is 11.2. The lowest BCUT2D eigenvalue weighted by molar-refractivity contribution is -0.144. The molecule has 4 nitrogen and oxygen atoms in total. The average Bonchev–Trinajstić information content (AvgIpc) is 2.31. The van der Waals surface area contributed by atoms with E-state index in [1.807, 2.05) is 6.92 Å². The van der Waals surface area contributed by atoms with Crippen molar-refractivity contribution in [3.8, 4) is 0 Å². The molecule has 0 aliphatic rings. The predicted octanol–water partition coefficient (Wildman–Crippen LogP) is 1.73. The van der Waals surface area contributed by atoms with Gasteiger partial charge in [0.25, 0.3) is 0 Å². The highest BCUT2D eigenvalue weighted by Gasteiger charge is 2.31. The molecule has 5 heteroatoms. The Hall–Kier alpha value is -0.260. The molecule has 0 bridgehead atoms. The van der Waals surface area contributed by atoms with Crippen molar-refractivity contribution < 1.29 is 15.0 Å². The summed E-state index contributed by atoms with van der Waals surface area (Å²) in [5.41, 5.74) is -0.798. The van der Waals surface area contributed by atoms with E-state index in [-0.39, 0.29) is 6.61 Å². The summed E-state index contributed by atoms with van der Waals surface area (Å²) >= 11 is 1.77. The molecular weight excluding hydrogens is 238 g/mol. The number of aliphatic hydroxyl groups excluding tert-OH is 1. The van der Waals surface area contributed by atoms with Crippen LogP contribution in [0.15, 0.2) is 0 Å². The molecule has 17 heavy (non-hydrogen) atoms. The quantitative estimate of drug-likeness (QED) is 0.495. The molecule has 0 radical (unpaired) electrons. The molecule has 0 aromatic rings. The van der Waals surface area contributed by atoms with Crippen molar-refractivity contribution in [3.63, 3.8) is 0 Å². The standard InChI is InChI=1S/C12H25NO3S/c1-3-7-13-12(2,11(15)16)6-4-9-17-10-5-8-14/h13-14H,3-10H2,1-2H3,(H,15,16). The van der Waals surface area contributed by atoms with E-state index in [0.717, 1.165) is 37.3 Å². The molecule has 0 saturated heterocycles.